The minimum atomic E-state index is -3.93. The molecule has 13 heteroatoms. The molecule has 0 fully saturated rings. The molecule has 1 N–H and O–H groups in total. The summed E-state index contributed by atoms with van der Waals surface area (Å²) in [4.78, 5) is 29.0. The van der Waals surface area contributed by atoms with Gasteiger partial charge in [0.2, 0.25) is 0 Å². The van der Waals surface area contributed by atoms with E-state index in [0.717, 1.165) is 17.2 Å². The molecule has 0 saturated carbocycles. The van der Waals surface area contributed by atoms with Crippen molar-refractivity contribution >= 4 is 33.0 Å². The molecule has 1 aliphatic heterocycles. The van der Waals surface area contributed by atoms with Crippen LogP contribution in [0.1, 0.15) is 42.3 Å². The van der Waals surface area contributed by atoms with Crippen LogP contribution in [-0.2, 0) is 37.4 Å². The largest absolute Gasteiger partial charge is 0.493 e. The molecular weight excluding hydrogens is 578 g/mol. The lowest BCUT2D eigenvalue weighted by atomic mass is 9.98. The van der Waals surface area contributed by atoms with Crippen molar-refractivity contribution in [3.05, 3.63) is 47.0 Å². The summed E-state index contributed by atoms with van der Waals surface area (Å²) in [6.07, 6.45) is 0.287. The van der Waals surface area contributed by atoms with E-state index in [1.165, 1.54) is 17.7 Å². The van der Waals surface area contributed by atoms with Crippen molar-refractivity contribution < 1.29 is 41.1 Å². The zero-order chi connectivity index (χ0) is 31.5. The predicted octanol–water partition coefficient (Wildman–Crippen LogP) is 3.78. The standard InChI is InChI=1S/C30H39N3O9S/c1-30(2,3)41-29(35)33-23-9-8-19(18-32(10-12-38-4)11-13-39-5)14-20(23)15-24(33)21-16-25(40-6)27(42-43(7,36)37)22-17-31-28(34)26(21)22/h8-9,14-16H,10-13,17-18H2,1-7H3,(H,31,34). The third-order valence-electron chi connectivity index (χ3n) is 6.80. The van der Waals surface area contributed by atoms with E-state index in [9.17, 15) is 18.0 Å². The number of nitrogens with one attached hydrogen (secondary N) is 1. The fraction of sp³-hybridized carbons (Fsp3) is 0.467. The second-order valence-corrected chi connectivity index (χ2v) is 12.9. The van der Waals surface area contributed by atoms with E-state index in [-0.39, 0.29) is 23.6 Å². The summed E-state index contributed by atoms with van der Waals surface area (Å²) >= 11 is 0. The molecule has 234 valence electrons. The third-order valence-corrected chi connectivity index (χ3v) is 7.27. The van der Waals surface area contributed by atoms with Crippen LogP contribution in [0.4, 0.5) is 4.79 Å². The highest BCUT2D eigenvalue weighted by Crippen LogP contribution is 2.44. The molecule has 43 heavy (non-hydrogen) atoms. The van der Waals surface area contributed by atoms with Crippen LogP contribution in [0, 0.1) is 0 Å². The Morgan fingerprint density at radius 3 is 2.30 bits per heavy atom. The van der Waals surface area contributed by atoms with Crippen molar-refractivity contribution in [1.29, 1.82) is 0 Å². The number of hydrogen-bond acceptors (Lipinski definition) is 10. The van der Waals surface area contributed by atoms with E-state index < -0.39 is 27.7 Å². The van der Waals surface area contributed by atoms with Gasteiger partial charge in [0.15, 0.2) is 11.5 Å². The Morgan fingerprint density at radius 2 is 1.72 bits per heavy atom. The fourth-order valence-electron chi connectivity index (χ4n) is 5.01. The average Bonchev–Trinajstić information content (AvgIpc) is 3.49. The molecule has 0 atom stereocenters. The van der Waals surface area contributed by atoms with Crippen LogP contribution >= 0.6 is 0 Å². The Morgan fingerprint density at radius 1 is 1.05 bits per heavy atom. The molecule has 0 bridgehead atoms. The van der Waals surface area contributed by atoms with Crippen LogP contribution in [0.5, 0.6) is 11.5 Å². The molecule has 1 aromatic heterocycles. The molecular formula is C30H39N3O9S. The zero-order valence-electron chi connectivity index (χ0n) is 25.6. The maximum Gasteiger partial charge on any atom is 0.419 e. The lowest BCUT2D eigenvalue weighted by molar-refractivity contribution is 0.0546. The van der Waals surface area contributed by atoms with Gasteiger partial charge in [-0.2, -0.15) is 8.42 Å². The Balaban J connectivity index is 1.91. The summed E-state index contributed by atoms with van der Waals surface area (Å²) in [6.45, 7) is 8.53. The number of amides is 1. The van der Waals surface area contributed by atoms with Crippen LogP contribution in [0.25, 0.3) is 22.2 Å². The van der Waals surface area contributed by atoms with Crippen LogP contribution in [-0.4, -0.2) is 89.4 Å². The monoisotopic (exact) mass is 617 g/mol. The summed E-state index contributed by atoms with van der Waals surface area (Å²) in [6, 6.07) is 9.11. The SMILES string of the molecule is COCCN(CCOC)Cc1ccc2c(c1)cc(-c1cc(OC)c(OS(C)(=O)=O)c3c1C(=O)NC3)n2C(=O)OC(C)(C)C. The molecule has 1 aliphatic rings. The van der Waals surface area contributed by atoms with E-state index in [2.05, 4.69) is 10.2 Å². The van der Waals surface area contributed by atoms with Crippen LogP contribution in [0.15, 0.2) is 30.3 Å². The van der Waals surface area contributed by atoms with Gasteiger partial charge < -0.3 is 28.4 Å². The minimum absolute atomic E-state index is 0.0266. The molecule has 1 amide bonds. The van der Waals surface area contributed by atoms with Gasteiger partial charge in [-0.25, -0.2) is 9.36 Å². The molecule has 2 aromatic carbocycles. The van der Waals surface area contributed by atoms with Gasteiger partial charge in [-0.05, 0) is 50.6 Å². The number of methoxy groups -OCH3 is 3. The molecule has 0 unspecified atom stereocenters. The topological polar surface area (TPSA) is 135 Å². The van der Waals surface area contributed by atoms with E-state index >= 15 is 0 Å². The molecule has 4 rings (SSSR count). The predicted molar refractivity (Wildman–Crippen MR) is 161 cm³/mol. The van der Waals surface area contributed by atoms with Crippen LogP contribution < -0.4 is 14.2 Å². The number of rotatable bonds is 12. The first-order valence-corrected chi connectivity index (χ1v) is 15.6. The van der Waals surface area contributed by atoms with Crippen molar-refractivity contribution in [2.75, 3.05) is 53.9 Å². The van der Waals surface area contributed by atoms with Gasteiger partial charge in [0.05, 0.1) is 43.4 Å². The maximum absolute atomic E-state index is 13.7. The number of nitrogens with zero attached hydrogens (tertiary/aromatic N) is 2. The first-order valence-electron chi connectivity index (χ1n) is 13.8. The van der Waals surface area contributed by atoms with Crippen LogP contribution in [0.3, 0.4) is 0 Å². The van der Waals surface area contributed by atoms with Crippen molar-refractivity contribution in [3.8, 4) is 22.8 Å². The number of ether oxygens (including phenoxy) is 4. The van der Waals surface area contributed by atoms with Crippen LogP contribution in [0.2, 0.25) is 0 Å². The third kappa shape index (κ3) is 7.47. The van der Waals surface area contributed by atoms with Gasteiger partial charge in [-0.15, -0.1) is 0 Å². The Hall–Kier alpha value is -3.65. The quantitative estimate of drug-likeness (QED) is 0.299. The number of carbonyl (C=O) groups is 2. The van der Waals surface area contributed by atoms with E-state index in [4.69, 9.17) is 23.1 Å². The van der Waals surface area contributed by atoms with Gasteiger partial charge in [-0.1, -0.05) is 6.07 Å². The maximum atomic E-state index is 13.7. The first-order chi connectivity index (χ1) is 20.3. The summed E-state index contributed by atoms with van der Waals surface area (Å²) in [7, 11) is 0.761. The number of benzene rings is 2. The van der Waals surface area contributed by atoms with Gasteiger partial charge in [0, 0.05) is 56.9 Å². The summed E-state index contributed by atoms with van der Waals surface area (Å²) in [5, 5.41) is 3.49. The molecule has 3 aromatic rings. The molecule has 12 nitrogen and oxygen atoms in total. The first kappa shape index (κ1) is 32.3. The summed E-state index contributed by atoms with van der Waals surface area (Å²) in [5.74, 6) is -0.402. The minimum Gasteiger partial charge on any atom is -0.493 e. The van der Waals surface area contributed by atoms with Gasteiger partial charge in [-0.3, -0.25) is 9.69 Å². The summed E-state index contributed by atoms with van der Waals surface area (Å²) in [5.41, 5.74) is 2.05. The number of hydrogen-bond donors (Lipinski definition) is 1. The zero-order valence-corrected chi connectivity index (χ0v) is 26.4. The highest BCUT2D eigenvalue weighted by molar-refractivity contribution is 7.86. The molecule has 0 spiro atoms. The van der Waals surface area contributed by atoms with Crippen molar-refractivity contribution in [3.63, 3.8) is 0 Å². The lowest BCUT2D eigenvalue weighted by Crippen LogP contribution is -2.30. The molecule has 0 radical (unpaired) electrons. The van der Waals surface area contributed by atoms with Crippen molar-refractivity contribution in [2.24, 2.45) is 0 Å². The lowest BCUT2D eigenvalue weighted by Gasteiger charge is -2.22. The van der Waals surface area contributed by atoms with Gasteiger partial charge in [0.25, 0.3) is 5.91 Å². The van der Waals surface area contributed by atoms with Crippen molar-refractivity contribution in [1.82, 2.24) is 14.8 Å². The molecule has 2 heterocycles. The van der Waals surface area contributed by atoms with Gasteiger partial charge >= 0.3 is 16.2 Å². The number of fused-ring (bicyclic) bond motifs is 2. The van der Waals surface area contributed by atoms with E-state index in [0.29, 0.717) is 55.2 Å². The smallest absolute Gasteiger partial charge is 0.419 e. The average molecular weight is 618 g/mol. The number of aromatic nitrogens is 1. The highest BCUT2D eigenvalue weighted by Gasteiger charge is 2.34. The summed E-state index contributed by atoms with van der Waals surface area (Å²) < 4.78 is 52.6. The Kier molecular flexibility index (Phi) is 9.70. The normalized spacial score (nSPS) is 13.3. The molecule has 0 aliphatic carbocycles. The Labute approximate surface area is 251 Å². The highest BCUT2D eigenvalue weighted by atomic mass is 32.2. The second-order valence-electron chi connectivity index (χ2n) is 11.3. The fourth-order valence-corrected chi connectivity index (χ4v) is 5.50. The second kappa shape index (κ2) is 12.9. The van der Waals surface area contributed by atoms with E-state index in [1.807, 2.05) is 24.3 Å². The van der Waals surface area contributed by atoms with Crippen molar-refractivity contribution in [2.45, 2.75) is 39.5 Å². The Bertz CT molecular complexity index is 1620. The van der Waals surface area contributed by atoms with Gasteiger partial charge in [0.1, 0.15) is 5.60 Å². The van der Waals surface area contributed by atoms with E-state index in [1.54, 1.807) is 35.0 Å². The number of carbonyl (C=O) groups excluding carboxylic acids is 2. The molecule has 0 saturated heterocycles.